The predicted octanol–water partition coefficient (Wildman–Crippen LogP) is 2.13. The van der Waals surface area contributed by atoms with Crippen LogP contribution in [0.5, 0.6) is 0 Å². The summed E-state index contributed by atoms with van der Waals surface area (Å²) in [6.07, 6.45) is 5.72. The Hall–Kier alpha value is -0.310. The first-order chi connectivity index (χ1) is 9.59. The fraction of sp³-hybridized carbons (Fsp3) is 0.750. The van der Waals surface area contributed by atoms with Crippen LogP contribution in [-0.4, -0.2) is 39.7 Å². The largest absolute Gasteiger partial charge is 0.368 e. The highest BCUT2D eigenvalue weighted by Gasteiger charge is 2.41. The van der Waals surface area contributed by atoms with E-state index in [1.165, 1.54) is 0 Å². The third-order valence-electron chi connectivity index (χ3n) is 3.52. The fourth-order valence-electron chi connectivity index (χ4n) is 2.60. The summed E-state index contributed by atoms with van der Waals surface area (Å²) >= 11 is 4.96. The molecule has 1 heterocycles. The Kier molecular flexibility index (Phi) is 5.71. The molecule has 1 aliphatic rings. The second-order valence-electron chi connectivity index (χ2n) is 4.85. The summed E-state index contributed by atoms with van der Waals surface area (Å²) in [6.45, 7) is 2.77. The molecule has 20 heavy (non-hydrogen) atoms. The van der Waals surface area contributed by atoms with Crippen molar-refractivity contribution in [2.75, 3.05) is 12.8 Å². The van der Waals surface area contributed by atoms with Crippen molar-refractivity contribution in [2.45, 2.75) is 52.1 Å². The van der Waals surface area contributed by atoms with Crippen molar-refractivity contribution < 1.29 is 4.79 Å². The molecule has 1 aliphatic carbocycles. The van der Waals surface area contributed by atoms with E-state index >= 15 is 0 Å². The third kappa shape index (κ3) is 3.66. The highest BCUT2D eigenvalue weighted by molar-refractivity contribution is 8.03. The van der Waals surface area contributed by atoms with Gasteiger partial charge in [-0.2, -0.15) is 0 Å². The number of rotatable bonds is 6. The topological polar surface area (TPSA) is 80.9 Å². The van der Waals surface area contributed by atoms with Gasteiger partial charge in [0.1, 0.15) is 0 Å². The van der Waals surface area contributed by atoms with Gasteiger partial charge in [-0.3, -0.25) is 4.79 Å². The van der Waals surface area contributed by atoms with E-state index in [2.05, 4.69) is 15.5 Å². The summed E-state index contributed by atoms with van der Waals surface area (Å²) in [6, 6.07) is 0. The number of amides is 1. The maximum Gasteiger partial charge on any atom is 0.237 e. The molecule has 1 aromatic heterocycles. The molecule has 1 aromatic rings. The van der Waals surface area contributed by atoms with Crippen LogP contribution in [0.1, 0.15) is 32.6 Å². The lowest BCUT2D eigenvalue weighted by molar-refractivity contribution is -0.125. The Bertz CT molecular complexity index is 463. The lowest BCUT2D eigenvalue weighted by atomic mass is 9.80. The molecule has 2 atom stereocenters. The molecule has 112 valence electrons. The molecule has 0 aromatic carbocycles. The summed E-state index contributed by atoms with van der Waals surface area (Å²) in [5.74, 6) is -0.230. The van der Waals surface area contributed by atoms with Crippen molar-refractivity contribution in [1.29, 1.82) is 0 Å². The van der Waals surface area contributed by atoms with E-state index in [0.717, 1.165) is 40.9 Å². The molecular formula is C12H20N4OS3. The predicted molar refractivity (Wildman–Crippen MR) is 85.4 cm³/mol. The van der Waals surface area contributed by atoms with Crippen molar-refractivity contribution in [1.82, 2.24) is 15.5 Å². The maximum atomic E-state index is 11.8. The van der Waals surface area contributed by atoms with E-state index in [0.29, 0.717) is 5.25 Å². The molecule has 5 nitrogen and oxygen atoms in total. The van der Waals surface area contributed by atoms with Crippen molar-refractivity contribution in [3.8, 4) is 0 Å². The number of carbonyl (C=O) groups is 1. The van der Waals surface area contributed by atoms with Crippen LogP contribution in [0, 0.1) is 0 Å². The van der Waals surface area contributed by atoms with Crippen LogP contribution in [0.3, 0.4) is 0 Å². The van der Waals surface area contributed by atoms with E-state index < -0.39 is 5.54 Å². The quantitative estimate of drug-likeness (QED) is 0.777. The highest BCUT2D eigenvalue weighted by atomic mass is 32.2. The summed E-state index contributed by atoms with van der Waals surface area (Å²) in [7, 11) is 0. The average molecular weight is 333 g/mol. The van der Waals surface area contributed by atoms with Crippen molar-refractivity contribution >= 4 is 40.8 Å². The Balaban J connectivity index is 2.03. The van der Waals surface area contributed by atoms with Crippen LogP contribution in [-0.2, 0) is 4.79 Å². The van der Waals surface area contributed by atoms with Crippen molar-refractivity contribution in [3.63, 3.8) is 0 Å². The van der Waals surface area contributed by atoms with Gasteiger partial charge in [-0.05, 0) is 38.5 Å². The smallest absolute Gasteiger partial charge is 0.237 e. The van der Waals surface area contributed by atoms with Gasteiger partial charge in [0.05, 0.1) is 5.54 Å². The molecule has 3 N–H and O–H groups in total. The third-order valence-corrected chi connectivity index (χ3v) is 6.77. The van der Waals surface area contributed by atoms with E-state index in [4.69, 9.17) is 5.73 Å². The minimum atomic E-state index is -0.544. The zero-order valence-electron chi connectivity index (χ0n) is 11.7. The van der Waals surface area contributed by atoms with Gasteiger partial charge in [0.25, 0.3) is 0 Å². The van der Waals surface area contributed by atoms with Gasteiger partial charge in [0.15, 0.2) is 8.68 Å². The SMILES string of the molecule is CCNC1(C(N)=O)CCCC(Sc2nnc(SC)s2)C1. The van der Waals surface area contributed by atoms with E-state index in [1.54, 1.807) is 34.9 Å². The molecule has 1 fully saturated rings. The minimum Gasteiger partial charge on any atom is -0.368 e. The van der Waals surface area contributed by atoms with Gasteiger partial charge in [-0.25, -0.2) is 0 Å². The van der Waals surface area contributed by atoms with Crippen LogP contribution >= 0.6 is 34.9 Å². The van der Waals surface area contributed by atoms with Gasteiger partial charge in [0, 0.05) is 5.25 Å². The first-order valence-corrected chi connectivity index (χ1v) is 9.61. The Labute approximate surface area is 131 Å². The highest BCUT2D eigenvalue weighted by Crippen LogP contribution is 2.39. The summed E-state index contributed by atoms with van der Waals surface area (Å²) in [5, 5.41) is 12.0. The molecule has 8 heteroatoms. The second-order valence-corrected chi connectivity index (χ2v) is 8.43. The Morgan fingerprint density at radius 3 is 2.90 bits per heavy atom. The number of carbonyl (C=O) groups excluding carboxylic acids is 1. The standard InChI is InChI=1S/C12H20N4OS3/c1-3-14-12(9(13)17)6-4-5-8(7-12)19-11-16-15-10(18-2)20-11/h8,14H,3-7H2,1-2H3,(H2,13,17). The number of nitrogens with two attached hydrogens (primary N) is 1. The number of nitrogens with zero attached hydrogens (tertiary/aromatic N) is 2. The van der Waals surface area contributed by atoms with Crippen LogP contribution in [0.2, 0.25) is 0 Å². The number of thioether (sulfide) groups is 2. The molecule has 0 aliphatic heterocycles. The van der Waals surface area contributed by atoms with Crippen molar-refractivity contribution in [2.24, 2.45) is 5.73 Å². The second kappa shape index (κ2) is 7.11. The summed E-state index contributed by atoms with van der Waals surface area (Å²) in [5.41, 5.74) is 5.09. The lowest BCUT2D eigenvalue weighted by Gasteiger charge is -2.38. The van der Waals surface area contributed by atoms with Gasteiger partial charge in [-0.1, -0.05) is 41.8 Å². The van der Waals surface area contributed by atoms with Crippen LogP contribution in [0.4, 0.5) is 0 Å². The molecule has 0 spiro atoms. The number of aromatic nitrogens is 2. The fourth-order valence-corrected chi connectivity index (χ4v) is 5.63. The zero-order chi connectivity index (χ0) is 14.6. The number of hydrogen-bond donors (Lipinski definition) is 2. The molecule has 1 amide bonds. The first kappa shape index (κ1) is 16.1. The first-order valence-electron chi connectivity index (χ1n) is 6.68. The van der Waals surface area contributed by atoms with Crippen molar-refractivity contribution in [3.05, 3.63) is 0 Å². The van der Waals surface area contributed by atoms with E-state index in [-0.39, 0.29) is 5.91 Å². The molecule has 0 bridgehead atoms. The zero-order valence-corrected chi connectivity index (χ0v) is 14.2. The molecular weight excluding hydrogens is 312 g/mol. The van der Waals surface area contributed by atoms with Gasteiger partial charge >= 0.3 is 0 Å². The van der Waals surface area contributed by atoms with E-state index in [1.807, 2.05) is 13.2 Å². The summed E-state index contributed by atoms with van der Waals surface area (Å²) in [4.78, 5) is 11.8. The average Bonchev–Trinajstić information content (AvgIpc) is 2.87. The molecule has 2 rings (SSSR count). The maximum absolute atomic E-state index is 11.8. The minimum absolute atomic E-state index is 0.230. The Morgan fingerprint density at radius 1 is 1.55 bits per heavy atom. The number of primary amides is 1. The van der Waals surface area contributed by atoms with E-state index in [9.17, 15) is 4.79 Å². The number of hydrogen-bond acceptors (Lipinski definition) is 7. The van der Waals surface area contributed by atoms with Gasteiger partial charge in [-0.15, -0.1) is 10.2 Å². The van der Waals surface area contributed by atoms with Gasteiger partial charge in [0.2, 0.25) is 5.91 Å². The lowest BCUT2D eigenvalue weighted by Crippen LogP contribution is -2.58. The summed E-state index contributed by atoms with van der Waals surface area (Å²) < 4.78 is 1.97. The number of likely N-dealkylation sites (N-methyl/N-ethyl adjacent to an activating group) is 1. The molecule has 2 unspecified atom stereocenters. The van der Waals surface area contributed by atoms with Gasteiger partial charge < -0.3 is 11.1 Å². The van der Waals surface area contributed by atoms with Crippen LogP contribution < -0.4 is 11.1 Å². The number of nitrogens with one attached hydrogen (secondary N) is 1. The molecule has 1 saturated carbocycles. The normalized spacial score (nSPS) is 26.6. The van der Waals surface area contributed by atoms with Crippen LogP contribution in [0.25, 0.3) is 0 Å². The molecule has 0 radical (unpaired) electrons. The monoisotopic (exact) mass is 332 g/mol. The Morgan fingerprint density at radius 2 is 2.30 bits per heavy atom. The molecule has 0 saturated heterocycles. The van der Waals surface area contributed by atoms with Crippen LogP contribution in [0.15, 0.2) is 8.68 Å².